The number of halogens is 1. The van der Waals surface area contributed by atoms with E-state index in [0.29, 0.717) is 6.73 Å². The van der Waals surface area contributed by atoms with Crippen molar-refractivity contribution < 1.29 is 9.53 Å². The number of hydrogen-bond acceptors (Lipinski definition) is 4. The highest BCUT2D eigenvalue weighted by molar-refractivity contribution is 9.10. The van der Waals surface area contributed by atoms with Crippen molar-refractivity contribution in [1.29, 1.82) is 0 Å². The van der Waals surface area contributed by atoms with Crippen LogP contribution in [0.5, 0.6) is 0 Å². The lowest BCUT2D eigenvalue weighted by molar-refractivity contribution is -0.136. The minimum absolute atomic E-state index is 0.00714. The molecule has 1 fully saturated rings. The zero-order chi connectivity index (χ0) is 19.4. The fourth-order valence-electron chi connectivity index (χ4n) is 3.56. The van der Waals surface area contributed by atoms with Gasteiger partial charge in [-0.3, -0.25) is 10.1 Å². The third-order valence-electron chi connectivity index (χ3n) is 4.98. The van der Waals surface area contributed by atoms with Gasteiger partial charge in [-0.15, -0.1) is 0 Å². The molecule has 0 aliphatic carbocycles. The van der Waals surface area contributed by atoms with Gasteiger partial charge in [-0.25, -0.2) is 4.98 Å². The molecule has 1 saturated heterocycles. The van der Waals surface area contributed by atoms with E-state index >= 15 is 0 Å². The molecule has 0 saturated carbocycles. The molecule has 7 heteroatoms. The first kappa shape index (κ1) is 20.0. The predicted molar refractivity (Wildman–Crippen MR) is 109 cm³/mol. The van der Waals surface area contributed by atoms with Crippen LogP contribution >= 0.6 is 15.9 Å². The van der Waals surface area contributed by atoms with Crippen molar-refractivity contribution in [3.63, 3.8) is 0 Å². The number of aromatic amines is 1. The minimum atomic E-state index is -0.258. The van der Waals surface area contributed by atoms with Gasteiger partial charge in [0.2, 0.25) is 5.91 Å². The largest absolute Gasteiger partial charge is 0.370 e. The summed E-state index contributed by atoms with van der Waals surface area (Å²) in [6, 6.07) is 7.84. The van der Waals surface area contributed by atoms with Gasteiger partial charge in [0.25, 0.3) is 0 Å². The summed E-state index contributed by atoms with van der Waals surface area (Å²) in [4.78, 5) is 23.1. The summed E-state index contributed by atoms with van der Waals surface area (Å²) >= 11 is 3.46. The Kier molecular flexibility index (Phi) is 6.68. The molecular formula is C20H27BrN4O2. The molecule has 2 atom stereocenters. The number of ether oxygens (including phenoxy) is 1. The predicted octanol–water partition coefficient (Wildman–Crippen LogP) is 3.72. The molecule has 2 unspecified atom stereocenters. The van der Waals surface area contributed by atoms with Crippen molar-refractivity contribution in [3.8, 4) is 11.3 Å². The molecule has 1 aromatic carbocycles. The zero-order valence-electron chi connectivity index (χ0n) is 16.0. The Morgan fingerprint density at radius 2 is 2.15 bits per heavy atom. The Hall–Kier alpha value is -1.70. The minimum Gasteiger partial charge on any atom is -0.370 e. The van der Waals surface area contributed by atoms with Gasteiger partial charge in [0.05, 0.1) is 30.7 Å². The standard InChI is InChI=1S/C20H27BrN4O2/c1-13(2)18(23-12-27-3)20(26)25-10-4-5-17(25)19-22-11-16(24-19)14-6-8-15(21)9-7-14/h6-9,11,13,17-18,23H,4-5,10,12H2,1-3H3,(H,22,24). The van der Waals surface area contributed by atoms with E-state index in [4.69, 9.17) is 4.74 Å². The van der Waals surface area contributed by atoms with E-state index in [1.807, 2.05) is 35.4 Å². The van der Waals surface area contributed by atoms with E-state index in [1.54, 1.807) is 7.11 Å². The molecule has 2 N–H and O–H groups in total. The van der Waals surface area contributed by atoms with E-state index in [9.17, 15) is 4.79 Å². The van der Waals surface area contributed by atoms with Gasteiger partial charge in [0.15, 0.2) is 0 Å². The van der Waals surface area contributed by atoms with Gasteiger partial charge in [-0.1, -0.05) is 41.9 Å². The molecule has 0 spiro atoms. The first-order valence-corrected chi connectivity index (χ1v) is 10.1. The van der Waals surface area contributed by atoms with Crippen molar-refractivity contribution in [2.24, 2.45) is 5.92 Å². The lowest BCUT2D eigenvalue weighted by Crippen LogP contribution is -2.49. The maximum absolute atomic E-state index is 13.2. The van der Waals surface area contributed by atoms with Crippen LogP contribution in [-0.4, -0.2) is 47.2 Å². The molecule has 1 aromatic heterocycles. The highest BCUT2D eigenvalue weighted by atomic mass is 79.9. The fraction of sp³-hybridized carbons (Fsp3) is 0.500. The van der Waals surface area contributed by atoms with Crippen LogP contribution in [0.4, 0.5) is 0 Å². The van der Waals surface area contributed by atoms with Crippen LogP contribution in [-0.2, 0) is 9.53 Å². The van der Waals surface area contributed by atoms with Gasteiger partial charge < -0.3 is 14.6 Å². The number of benzene rings is 1. The van der Waals surface area contributed by atoms with Crippen LogP contribution in [0.25, 0.3) is 11.3 Å². The molecular weight excluding hydrogens is 408 g/mol. The second-order valence-electron chi connectivity index (χ2n) is 7.24. The second-order valence-corrected chi connectivity index (χ2v) is 8.15. The van der Waals surface area contributed by atoms with Crippen LogP contribution in [0.2, 0.25) is 0 Å². The summed E-state index contributed by atoms with van der Waals surface area (Å²) in [7, 11) is 1.63. The van der Waals surface area contributed by atoms with Crippen molar-refractivity contribution in [3.05, 3.63) is 40.8 Å². The van der Waals surface area contributed by atoms with Gasteiger partial charge in [-0.05, 0) is 36.5 Å². The third-order valence-corrected chi connectivity index (χ3v) is 5.51. The molecule has 0 bridgehead atoms. The molecule has 1 amide bonds. The number of nitrogens with zero attached hydrogens (tertiary/aromatic N) is 2. The summed E-state index contributed by atoms with van der Waals surface area (Å²) in [5.74, 6) is 1.16. The van der Waals surface area contributed by atoms with Crippen LogP contribution in [0.3, 0.4) is 0 Å². The lowest BCUT2D eigenvalue weighted by Gasteiger charge is -2.30. The molecule has 27 heavy (non-hydrogen) atoms. The first-order valence-electron chi connectivity index (χ1n) is 9.35. The average Bonchev–Trinajstić information content (AvgIpc) is 3.31. The molecule has 3 rings (SSSR count). The number of rotatable bonds is 7. The van der Waals surface area contributed by atoms with Gasteiger partial charge in [0, 0.05) is 18.1 Å². The van der Waals surface area contributed by atoms with Crippen LogP contribution in [0, 0.1) is 5.92 Å². The van der Waals surface area contributed by atoms with E-state index in [-0.39, 0.29) is 23.9 Å². The SMILES string of the molecule is COCNC(C(=O)N1CCCC1c1ncc(-c2ccc(Br)cc2)[nH]1)C(C)C. The van der Waals surface area contributed by atoms with E-state index < -0.39 is 0 Å². The van der Waals surface area contributed by atoms with E-state index in [1.165, 1.54) is 0 Å². The van der Waals surface area contributed by atoms with Crippen molar-refractivity contribution in [2.75, 3.05) is 20.4 Å². The van der Waals surface area contributed by atoms with Crippen molar-refractivity contribution >= 4 is 21.8 Å². The third kappa shape index (κ3) is 4.59. The van der Waals surface area contributed by atoms with Gasteiger partial charge >= 0.3 is 0 Å². The molecule has 2 aromatic rings. The zero-order valence-corrected chi connectivity index (χ0v) is 17.6. The Morgan fingerprint density at radius 1 is 1.41 bits per heavy atom. The monoisotopic (exact) mass is 434 g/mol. The number of H-pyrrole nitrogens is 1. The normalized spacial score (nSPS) is 18.3. The van der Waals surface area contributed by atoms with Gasteiger partial charge in [-0.2, -0.15) is 0 Å². The second kappa shape index (κ2) is 8.99. The maximum atomic E-state index is 13.2. The molecule has 6 nitrogen and oxygen atoms in total. The smallest absolute Gasteiger partial charge is 0.240 e. The highest BCUT2D eigenvalue weighted by Crippen LogP contribution is 2.32. The van der Waals surface area contributed by atoms with Crippen molar-refractivity contribution in [2.45, 2.75) is 38.8 Å². The number of imidazole rings is 1. The van der Waals surface area contributed by atoms with Crippen LogP contribution in [0.15, 0.2) is 34.9 Å². The van der Waals surface area contributed by atoms with Gasteiger partial charge in [0.1, 0.15) is 5.82 Å². The number of nitrogens with one attached hydrogen (secondary N) is 2. The topological polar surface area (TPSA) is 70.2 Å². The average molecular weight is 435 g/mol. The number of methoxy groups -OCH3 is 1. The summed E-state index contributed by atoms with van der Waals surface area (Å²) in [5.41, 5.74) is 2.05. The Labute approximate surface area is 168 Å². The van der Waals surface area contributed by atoms with Crippen LogP contribution < -0.4 is 5.32 Å². The first-order chi connectivity index (χ1) is 13.0. The molecule has 1 aliphatic heterocycles. The maximum Gasteiger partial charge on any atom is 0.240 e. The fourth-order valence-corrected chi connectivity index (χ4v) is 3.82. The highest BCUT2D eigenvalue weighted by Gasteiger charge is 2.36. The quantitative estimate of drug-likeness (QED) is 0.651. The van der Waals surface area contributed by atoms with E-state index in [2.05, 4.69) is 45.1 Å². The lowest BCUT2D eigenvalue weighted by atomic mass is 10.0. The number of aromatic nitrogens is 2. The Morgan fingerprint density at radius 3 is 2.81 bits per heavy atom. The Bertz CT molecular complexity index is 760. The van der Waals surface area contributed by atoms with E-state index in [0.717, 1.165) is 40.9 Å². The molecule has 0 radical (unpaired) electrons. The molecule has 146 valence electrons. The summed E-state index contributed by atoms with van der Waals surface area (Å²) in [6.07, 6.45) is 3.76. The summed E-state index contributed by atoms with van der Waals surface area (Å²) in [6.45, 7) is 5.22. The van der Waals surface area contributed by atoms with Crippen molar-refractivity contribution in [1.82, 2.24) is 20.2 Å². The number of carbonyl (C=O) groups excluding carboxylic acids is 1. The number of hydrogen-bond donors (Lipinski definition) is 2. The number of amides is 1. The Balaban J connectivity index is 1.78. The summed E-state index contributed by atoms with van der Waals surface area (Å²) in [5, 5.41) is 3.21. The number of likely N-dealkylation sites (tertiary alicyclic amines) is 1. The molecule has 1 aliphatic rings. The molecule has 2 heterocycles. The summed E-state index contributed by atoms with van der Waals surface area (Å²) < 4.78 is 6.15. The van der Waals surface area contributed by atoms with Crippen LogP contribution in [0.1, 0.15) is 38.6 Å². The number of carbonyl (C=O) groups is 1.